The lowest BCUT2D eigenvalue weighted by atomic mass is 10.1. The number of ether oxygens (including phenoxy) is 3. The Morgan fingerprint density at radius 2 is 0.800 bits per heavy atom. The minimum absolute atomic E-state index is 0.000333. The van der Waals surface area contributed by atoms with Crippen LogP contribution in [0.4, 0.5) is 17.5 Å². The lowest BCUT2D eigenvalue weighted by Gasteiger charge is -2.25. The van der Waals surface area contributed by atoms with E-state index in [1.165, 1.54) is 10.9 Å². The molecule has 6 aromatic rings. The highest BCUT2D eigenvalue weighted by molar-refractivity contribution is 7.66. The Labute approximate surface area is 414 Å². The van der Waals surface area contributed by atoms with Gasteiger partial charge in [-0.3, -0.25) is 36.3 Å². The zero-order valence-electron chi connectivity index (χ0n) is 36.9. The van der Waals surface area contributed by atoms with Crippen molar-refractivity contribution in [2.24, 2.45) is 0 Å². The van der Waals surface area contributed by atoms with E-state index >= 15 is 0 Å². The van der Waals surface area contributed by atoms with Gasteiger partial charge in [-0.1, -0.05) is 0 Å². The van der Waals surface area contributed by atoms with Gasteiger partial charge in [0.1, 0.15) is 90.5 Å². The van der Waals surface area contributed by atoms with Gasteiger partial charge in [-0.2, -0.15) is 8.62 Å². The van der Waals surface area contributed by atoms with Gasteiger partial charge in [0.25, 0.3) is 0 Å². The fraction of sp³-hybridized carbons (Fsp3) is 0.500. The van der Waals surface area contributed by atoms with Gasteiger partial charge in [-0.25, -0.2) is 67.7 Å². The summed E-state index contributed by atoms with van der Waals surface area (Å²) in [6, 6.07) is 0. The lowest BCUT2D eigenvalue weighted by Crippen LogP contribution is -2.37. The number of nitrogens with two attached hydrogens (primary N) is 3. The summed E-state index contributed by atoms with van der Waals surface area (Å²) in [6.07, 6.45) is -15.6. The van der Waals surface area contributed by atoms with Crippen LogP contribution in [0.15, 0.2) is 38.0 Å². The number of phosphoric acid groups is 5. The van der Waals surface area contributed by atoms with Gasteiger partial charge in [0, 0.05) is 0 Å². The van der Waals surface area contributed by atoms with E-state index in [1.54, 1.807) is 0 Å². The quantitative estimate of drug-likeness (QED) is 0.0334. The number of nitrogens with zero attached hydrogens (tertiary/aromatic N) is 12. The second-order valence-corrected chi connectivity index (χ2v) is 23.2. The summed E-state index contributed by atoms with van der Waals surface area (Å²) in [5.41, 5.74) is 17.6. The minimum atomic E-state index is -6.00. The summed E-state index contributed by atoms with van der Waals surface area (Å²) in [5, 5.41) is 44.7. The standard InChI is InChI=1S/C30H40N15O25P5/c31-22-13-25(37-4-34-22)43(7-40-13)28-19(49)16(46)10(64-28)1-61-72(53,54)67-20-17(47)11(65-29(20)44-8-41-14-23(32)35-5-38-26(14)44)2-62-73(55,56)68-21-18(48)12(3-63-74(57,58)70-75(59,60)69-71(50,51)52)66-30(21)45-9-42-15-24(33)36-6-39-27(15)45/h4-12,16-21,28-30,46-49H,1-3H2,(H,53,54)(H,55,56)(H,57,58)(H,59,60)(H2,31,34,37)(H2,32,35,38)(H2,33,36,39)(H2,50,51,52)/t10-,11-,12-,16-,17-,18-,19-,20-,21?,28?,29-,30-/m1/s1. The maximum Gasteiger partial charge on any atom is 0.490 e. The van der Waals surface area contributed by atoms with Gasteiger partial charge in [0.15, 0.2) is 53.1 Å². The molecule has 0 aromatic carbocycles. The third kappa shape index (κ3) is 11.7. The van der Waals surface area contributed by atoms with Crippen LogP contribution in [0.25, 0.3) is 33.5 Å². The van der Waals surface area contributed by atoms with Gasteiger partial charge in [0.05, 0.1) is 38.8 Å². The monoisotopic (exact) mass is 1170 g/mol. The number of hydrogen-bond acceptors (Lipinski definition) is 31. The Kier molecular flexibility index (Phi) is 15.2. The average Bonchev–Trinajstić information content (AvgIpc) is 4.18. The SMILES string of the molecule is Nc1ncnc2c1ncn2C1O[C@H](COP(=O)(O)O[C@@H]2[C@H](O)[C@@H](COP(=O)(O)OC3[C@H](n4cnc5c(N)ncnc54)O[C@H](COP(=O)(O)OP(=O)(O)OP(=O)(O)O)[C@H]3O)O[C@H]2n2cnc3c(N)ncnc32)[C@@H](O)[C@H]1O. The number of aliphatic hydroxyl groups excluding tert-OH is 4. The molecule has 0 amide bonds. The molecule has 3 fully saturated rings. The second-order valence-electron chi connectivity index (χ2n) is 16.0. The fourth-order valence-corrected chi connectivity index (χ4v) is 12.7. The van der Waals surface area contributed by atoms with Crippen molar-refractivity contribution < 1.29 is 118 Å². The Balaban J connectivity index is 0.912. The molecule has 410 valence electrons. The molecule has 0 bridgehead atoms. The van der Waals surface area contributed by atoms with Crippen molar-refractivity contribution in [3.63, 3.8) is 0 Å². The molecule has 3 aliphatic heterocycles. The topological polar surface area (TPSA) is 589 Å². The third-order valence-electron chi connectivity index (χ3n) is 11.1. The Morgan fingerprint density at radius 1 is 0.453 bits per heavy atom. The van der Waals surface area contributed by atoms with Crippen molar-refractivity contribution in [1.29, 1.82) is 0 Å². The van der Waals surface area contributed by atoms with E-state index in [2.05, 4.69) is 58.0 Å². The van der Waals surface area contributed by atoms with E-state index in [4.69, 9.17) is 59.3 Å². The van der Waals surface area contributed by atoms with Crippen molar-refractivity contribution >= 4 is 90.1 Å². The molecule has 0 saturated carbocycles. The molecule has 40 nitrogen and oxygen atoms in total. The zero-order valence-corrected chi connectivity index (χ0v) is 41.4. The predicted octanol–water partition coefficient (Wildman–Crippen LogP) is -3.26. The van der Waals surface area contributed by atoms with Crippen LogP contribution in [0.2, 0.25) is 0 Å². The number of nitrogen functional groups attached to an aromatic ring is 3. The van der Waals surface area contributed by atoms with Crippen LogP contribution in [-0.4, -0.2) is 183 Å². The maximum atomic E-state index is 13.8. The molecule has 16 atom stereocenters. The van der Waals surface area contributed by atoms with Gasteiger partial charge in [-0.15, -0.1) is 0 Å². The lowest BCUT2D eigenvalue weighted by molar-refractivity contribution is -0.0644. The van der Waals surface area contributed by atoms with Crippen LogP contribution >= 0.6 is 39.1 Å². The smallest absolute Gasteiger partial charge is 0.387 e. The number of anilines is 3. The average molecular weight is 1170 g/mol. The van der Waals surface area contributed by atoms with E-state index < -0.39 is 133 Å². The van der Waals surface area contributed by atoms with E-state index in [-0.39, 0.29) is 50.9 Å². The van der Waals surface area contributed by atoms with Crippen LogP contribution < -0.4 is 17.2 Å². The van der Waals surface area contributed by atoms with Crippen molar-refractivity contribution in [2.75, 3.05) is 37.0 Å². The summed E-state index contributed by atoms with van der Waals surface area (Å²) in [5.74, 6) is -0.306. The number of imidazole rings is 3. The van der Waals surface area contributed by atoms with E-state index in [1.807, 2.05) is 0 Å². The minimum Gasteiger partial charge on any atom is -0.387 e. The van der Waals surface area contributed by atoms with Crippen LogP contribution in [0, 0.1) is 0 Å². The molecule has 6 aromatic heterocycles. The highest BCUT2D eigenvalue weighted by Crippen LogP contribution is 2.66. The zero-order chi connectivity index (χ0) is 54.2. The van der Waals surface area contributed by atoms with Crippen molar-refractivity contribution in [2.45, 2.75) is 73.6 Å². The molecule has 0 aliphatic carbocycles. The largest absolute Gasteiger partial charge is 0.490 e. The van der Waals surface area contributed by atoms with Crippen LogP contribution in [0.1, 0.15) is 18.7 Å². The Morgan fingerprint density at radius 3 is 1.19 bits per heavy atom. The molecule has 3 aliphatic rings. The summed E-state index contributed by atoms with van der Waals surface area (Å²) in [4.78, 5) is 95.3. The first kappa shape index (κ1) is 55.2. The first-order valence-electron chi connectivity index (χ1n) is 20.7. The van der Waals surface area contributed by atoms with Crippen LogP contribution in [0.3, 0.4) is 0 Å². The number of aliphatic hydroxyl groups is 4. The van der Waals surface area contributed by atoms with Crippen LogP contribution in [0.5, 0.6) is 0 Å². The van der Waals surface area contributed by atoms with Gasteiger partial charge >= 0.3 is 39.1 Å². The molecule has 45 heteroatoms. The molecular formula is C30H40N15O25P5. The number of fused-ring (bicyclic) bond motifs is 3. The first-order chi connectivity index (χ1) is 35.1. The van der Waals surface area contributed by atoms with Crippen molar-refractivity contribution in [3.05, 3.63) is 38.0 Å². The summed E-state index contributed by atoms with van der Waals surface area (Å²) in [6.45, 7) is -3.37. The second kappa shape index (κ2) is 20.6. The molecule has 0 radical (unpaired) electrons. The number of rotatable bonds is 20. The number of phosphoric ester groups is 3. The molecule has 3 saturated heterocycles. The summed E-state index contributed by atoms with van der Waals surface area (Å²) >= 11 is 0. The molecule has 16 N–H and O–H groups in total. The van der Waals surface area contributed by atoms with Crippen LogP contribution in [-0.2, 0) is 68.3 Å². The summed E-state index contributed by atoms with van der Waals surface area (Å²) < 4.78 is 117. The Hall–Kier alpha value is -4.60. The molecule has 9 rings (SSSR count). The molecule has 0 spiro atoms. The third-order valence-corrected chi connectivity index (χ3v) is 16.9. The van der Waals surface area contributed by atoms with Gasteiger partial charge in [-0.05, 0) is 0 Å². The number of aromatic nitrogens is 12. The highest BCUT2D eigenvalue weighted by Gasteiger charge is 2.54. The molecular weight excluding hydrogens is 1130 g/mol. The number of hydrogen-bond donors (Lipinski definition) is 13. The summed E-state index contributed by atoms with van der Waals surface area (Å²) in [7, 11) is -28.6. The van der Waals surface area contributed by atoms with Crippen molar-refractivity contribution in [3.8, 4) is 0 Å². The molecule has 75 heavy (non-hydrogen) atoms. The normalized spacial score (nSPS) is 30.7. The predicted molar refractivity (Wildman–Crippen MR) is 236 cm³/mol. The van der Waals surface area contributed by atoms with Gasteiger partial charge in [0.2, 0.25) is 0 Å². The highest BCUT2D eigenvalue weighted by atomic mass is 31.3. The maximum absolute atomic E-state index is 13.8. The van der Waals surface area contributed by atoms with E-state index in [9.17, 15) is 62.8 Å². The molecule has 9 heterocycles. The molecule has 6 unspecified atom stereocenters. The van der Waals surface area contributed by atoms with Gasteiger partial charge < -0.3 is 81.2 Å². The van der Waals surface area contributed by atoms with E-state index in [0.717, 1.165) is 40.8 Å². The van der Waals surface area contributed by atoms with Crippen molar-refractivity contribution in [1.82, 2.24) is 58.6 Å². The fourth-order valence-electron chi connectivity index (χ4n) is 7.83. The Bertz CT molecular complexity index is 3350. The first-order valence-corrected chi connectivity index (χ1v) is 28.2. The van der Waals surface area contributed by atoms with E-state index in [0.29, 0.717) is 0 Å².